The van der Waals surface area contributed by atoms with Crippen LogP contribution in [0.4, 0.5) is 10.8 Å². The Morgan fingerprint density at radius 3 is 2.50 bits per heavy atom. The first-order chi connectivity index (χ1) is 16.3. The largest absolute Gasteiger partial charge is 0.497 e. The molecule has 4 aromatic rings. The third kappa shape index (κ3) is 5.34. The summed E-state index contributed by atoms with van der Waals surface area (Å²) in [5.74, 6) is 0.00623. The zero-order valence-electron chi connectivity index (χ0n) is 17.6. The quantitative estimate of drug-likeness (QED) is 0.295. The molecule has 0 unspecified atom stereocenters. The van der Waals surface area contributed by atoms with E-state index in [0.29, 0.717) is 32.2 Å². The molecule has 4 rings (SSSR count). The van der Waals surface area contributed by atoms with Gasteiger partial charge in [0, 0.05) is 16.0 Å². The summed E-state index contributed by atoms with van der Waals surface area (Å²) in [7, 11) is -2.44. The Morgan fingerprint density at radius 2 is 1.76 bits per heavy atom. The maximum Gasteiger partial charge on any atom is 0.261 e. The number of benzene rings is 3. The monoisotopic (exact) mass is 533 g/mol. The highest BCUT2D eigenvalue weighted by atomic mass is 35.5. The summed E-state index contributed by atoms with van der Waals surface area (Å²) in [5.41, 5.74) is 1.46. The summed E-state index contributed by atoms with van der Waals surface area (Å²) < 4.78 is 33.2. The highest BCUT2D eigenvalue weighted by molar-refractivity contribution is 7.92. The fourth-order valence-corrected chi connectivity index (χ4v) is 5.21. The number of ether oxygens (including phenoxy) is 1. The van der Waals surface area contributed by atoms with E-state index >= 15 is 0 Å². The molecule has 0 spiro atoms. The van der Waals surface area contributed by atoms with Crippen molar-refractivity contribution in [1.29, 1.82) is 0 Å². The minimum absolute atomic E-state index is 0.0338. The zero-order chi connectivity index (χ0) is 24.3. The number of nitrogens with zero attached hydrogens (tertiary/aromatic N) is 1. The third-order valence-electron chi connectivity index (χ3n) is 4.71. The normalized spacial score (nSPS) is 11.1. The molecule has 34 heavy (non-hydrogen) atoms. The van der Waals surface area contributed by atoms with Gasteiger partial charge in [0.25, 0.3) is 15.9 Å². The number of amides is 1. The molecule has 1 heterocycles. The number of anilines is 2. The number of nitrogens with one attached hydrogen (secondary N) is 2. The van der Waals surface area contributed by atoms with Crippen molar-refractivity contribution >= 4 is 61.3 Å². The first kappa shape index (κ1) is 24.0. The van der Waals surface area contributed by atoms with Crippen LogP contribution in [0.1, 0.15) is 10.4 Å². The molecule has 0 aliphatic carbocycles. The van der Waals surface area contributed by atoms with Gasteiger partial charge in [0.05, 0.1) is 34.0 Å². The van der Waals surface area contributed by atoms with Crippen LogP contribution < -0.4 is 14.8 Å². The van der Waals surface area contributed by atoms with Crippen LogP contribution >= 0.6 is 34.5 Å². The van der Waals surface area contributed by atoms with Crippen LogP contribution in [0.2, 0.25) is 10.0 Å². The smallest absolute Gasteiger partial charge is 0.261 e. The first-order valence-corrected chi connectivity index (χ1v) is 12.9. The lowest BCUT2D eigenvalue weighted by molar-refractivity contribution is 0.102. The highest BCUT2D eigenvalue weighted by Crippen LogP contribution is 2.33. The molecule has 11 heteroatoms. The Balaban J connectivity index is 1.55. The molecule has 7 nitrogen and oxygen atoms in total. The molecule has 0 atom stereocenters. The topological polar surface area (TPSA) is 97.4 Å². The Hall–Kier alpha value is -3.11. The van der Waals surface area contributed by atoms with Crippen LogP contribution in [-0.2, 0) is 10.0 Å². The van der Waals surface area contributed by atoms with Crippen molar-refractivity contribution in [2.45, 2.75) is 4.90 Å². The Kier molecular flexibility index (Phi) is 7.08. The molecule has 1 amide bonds. The summed E-state index contributed by atoms with van der Waals surface area (Å²) in [6.45, 7) is 0. The predicted octanol–water partition coefficient (Wildman–Crippen LogP) is 6.18. The molecule has 0 aliphatic heterocycles. The summed E-state index contributed by atoms with van der Waals surface area (Å²) in [5, 5.41) is 5.76. The van der Waals surface area contributed by atoms with Crippen molar-refractivity contribution in [2.24, 2.45) is 0 Å². The number of para-hydroxylation sites is 1. The standard InChI is InChI=1S/C23H17Cl2N3O4S2/c1-32-15-7-9-16(10-8-15)34(30,31)28-20-5-3-2-4-17(20)22(29)27-23-26-21(13-33-23)18-12-14(24)6-11-19(18)25/h2-13,28H,1H3,(H,26,27,29). The molecule has 174 valence electrons. The van der Waals surface area contributed by atoms with Gasteiger partial charge in [-0.1, -0.05) is 35.3 Å². The van der Waals surface area contributed by atoms with Crippen LogP contribution in [0.25, 0.3) is 11.3 Å². The van der Waals surface area contributed by atoms with Gasteiger partial charge in [-0.2, -0.15) is 0 Å². The number of methoxy groups -OCH3 is 1. The van der Waals surface area contributed by atoms with E-state index in [1.54, 1.807) is 47.8 Å². The van der Waals surface area contributed by atoms with Gasteiger partial charge >= 0.3 is 0 Å². The average Bonchev–Trinajstić information content (AvgIpc) is 3.29. The number of halogens is 2. The molecule has 0 saturated heterocycles. The van der Waals surface area contributed by atoms with Crippen molar-refractivity contribution in [3.63, 3.8) is 0 Å². The van der Waals surface area contributed by atoms with Gasteiger partial charge < -0.3 is 4.74 Å². The van der Waals surface area contributed by atoms with Crippen LogP contribution in [-0.4, -0.2) is 26.4 Å². The minimum Gasteiger partial charge on any atom is -0.497 e. The maximum absolute atomic E-state index is 13.0. The van der Waals surface area contributed by atoms with E-state index in [9.17, 15) is 13.2 Å². The van der Waals surface area contributed by atoms with Gasteiger partial charge in [0.2, 0.25) is 0 Å². The number of hydrogen-bond donors (Lipinski definition) is 2. The Labute approximate surface area is 210 Å². The van der Waals surface area contributed by atoms with Crippen LogP contribution in [0.5, 0.6) is 5.75 Å². The summed E-state index contributed by atoms with van der Waals surface area (Å²) in [4.78, 5) is 17.4. The highest BCUT2D eigenvalue weighted by Gasteiger charge is 2.20. The second-order valence-electron chi connectivity index (χ2n) is 6.94. The fourth-order valence-electron chi connectivity index (χ4n) is 3.04. The van der Waals surface area contributed by atoms with E-state index in [4.69, 9.17) is 27.9 Å². The van der Waals surface area contributed by atoms with Crippen molar-refractivity contribution in [3.05, 3.63) is 87.7 Å². The van der Waals surface area contributed by atoms with E-state index in [0.717, 1.165) is 0 Å². The molecule has 0 saturated carbocycles. The lowest BCUT2D eigenvalue weighted by Gasteiger charge is -2.12. The Morgan fingerprint density at radius 1 is 1.03 bits per heavy atom. The maximum atomic E-state index is 13.0. The molecule has 0 fully saturated rings. The molecule has 0 bridgehead atoms. The number of carbonyl (C=O) groups excluding carboxylic acids is 1. The number of sulfonamides is 1. The van der Waals surface area contributed by atoms with Crippen molar-refractivity contribution in [1.82, 2.24) is 4.98 Å². The number of thiazole rings is 1. The number of rotatable bonds is 7. The summed E-state index contributed by atoms with van der Waals surface area (Å²) >= 11 is 13.5. The van der Waals surface area contributed by atoms with Crippen molar-refractivity contribution in [3.8, 4) is 17.0 Å². The Bertz CT molecular complexity index is 1460. The molecular weight excluding hydrogens is 517 g/mol. The molecule has 2 N–H and O–H groups in total. The summed E-state index contributed by atoms with van der Waals surface area (Å²) in [6.07, 6.45) is 0. The second kappa shape index (κ2) is 10.0. The minimum atomic E-state index is -3.93. The van der Waals surface area contributed by atoms with Gasteiger partial charge in [-0.25, -0.2) is 13.4 Å². The van der Waals surface area contributed by atoms with Gasteiger partial charge in [-0.05, 0) is 54.6 Å². The van der Waals surface area contributed by atoms with E-state index in [1.807, 2.05) is 0 Å². The lowest BCUT2D eigenvalue weighted by Crippen LogP contribution is -2.18. The van der Waals surface area contributed by atoms with Gasteiger partial charge in [0.1, 0.15) is 5.75 Å². The molecule has 0 aliphatic rings. The van der Waals surface area contributed by atoms with Crippen molar-refractivity contribution in [2.75, 3.05) is 17.1 Å². The molecule has 0 radical (unpaired) electrons. The number of carbonyl (C=O) groups is 1. The van der Waals surface area contributed by atoms with E-state index in [-0.39, 0.29) is 16.1 Å². The first-order valence-electron chi connectivity index (χ1n) is 9.75. The van der Waals surface area contributed by atoms with E-state index in [2.05, 4.69) is 15.0 Å². The molecule has 1 aromatic heterocycles. The number of hydrogen-bond acceptors (Lipinski definition) is 6. The van der Waals surface area contributed by atoms with Gasteiger partial charge in [-0.3, -0.25) is 14.8 Å². The summed E-state index contributed by atoms with van der Waals surface area (Å²) in [6, 6.07) is 17.2. The average molecular weight is 534 g/mol. The third-order valence-corrected chi connectivity index (χ3v) is 7.42. The van der Waals surface area contributed by atoms with Gasteiger partial charge in [-0.15, -0.1) is 11.3 Å². The molecule has 3 aromatic carbocycles. The van der Waals surface area contributed by atoms with Crippen LogP contribution in [0.15, 0.2) is 77.0 Å². The predicted molar refractivity (Wildman–Crippen MR) is 136 cm³/mol. The van der Waals surface area contributed by atoms with Crippen molar-refractivity contribution < 1.29 is 17.9 Å². The van der Waals surface area contributed by atoms with Crippen LogP contribution in [0.3, 0.4) is 0 Å². The van der Waals surface area contributed by atoms with Crippen LogP contribution in [0, 0.1) is 0 Å². The second-order valence-corrected chi connectivity index (χ2v) is 10.3. The number of aromatic nitrogens is 1. The van der Waals surface area contributed by atoms with E-state index in [1.165, 1.54) is 42.7 Å². The van der Waals surface area contributed by atoms with Gasteiger partial charge in [0.15, 0.2) is 5.13 Å². The molecular formula is C23H17Cl2N3O4S2. The SMILES string of the molecule is COc1ccc(S(=O)(=O)Nc2ccccc2C(=O)Nc2nc(-c3cc(Cl)ccc3Cl)cs2)cc1. The fraction of sp³-hybridized carbons (Fsp3) is 0.0435. The lowest BCUT2D eigenvalue weighted by atomic mass is 10.2. The van der Waals surface area contributed by atoms with E-state index < -0.39 is 15.9 Å². The zero-order valence-corrected chi connectivity index (χ0v) is 20.7.